The Morgan fingerprint density at radius 3 is 2.57 bits per heavy atom. The maximum Gasteiger partial charge on any atom is 0.328 e. The van der Waals surface area contributed by atoms with Crippen molar-refractivity contribution >= 4 is 41.0 Å². The second-order valence-corrected chi connectivity index (χ2v) is 5.08. The summed E-state index contributed by atoms with van der Waals surface area (Å²) >= 11 is 11.8. The average molecular weight is 361 g/mol. The van der Waals surface area contributed by atoms with Crippen molar-refractivity contribution in [3.8, 4) is 5.75 Å². The summed E-state index contributed by atoms with van der Waals surface area (Å²) in [5, 5.41) is 9.06. The number of hydrazine groups is 1. The molecule has 0 radical (unpaired) electrons. The molecule has 124 valence electrons. The number of carbonyl (C=O) groups excluding carboxylic acids is 2. The van der Waals surface area contributed by atoms with E-state index in [1.807, 2.05) is 5.43 Å². The van der Waals surface area contributed by atoms with E-state index in [0.717, 1.165) is 6.08 Å². The summed E-state index contributed by atoms with van der Waals surface area (Å²) in [6.45, 7) is 1.70. The van der Waals surface area contributed by atoms with Crippen LogP contribution in [0.25, 0.3) is 0 Å². The lowest BCUT2D eigenvalue weighted by molar-refractivity contribution is -0.132. The van der Waals surface area contributed by atoms with Gasteiger partial charge in [0.25, 0.3) is 11.8 Å². The predicted octanol–water partition coefficient (Wildman–Crippen LogP) is 1.94. The number of halogens is 2. The van der Waals surface area contributed by atoms with Crippen LogP contribution in [0, 0.1) is 0 Å². The summed E-state index contributed by atoms with van der Waals surface area (Å²) in [5.41, 5.74) is 4.16. The maximum atomic E-state index is 12.0. The zero-order valence-corrected chi connectivity index (χ0v) is 13.5. The number of carboxylic acid groups (broad SMARTS) is 1. The van der Waals surface area contributed by atoms with Crippen LogP contribution >= 0.6 is 23.2 Å². The third-order valence-electron chi connectivity index (χ3n) is 2.51. The molecule has 0 bridgehead atoms. The van der Waals surface area contributed by atoms with Crippen molar-refractivity contribution in [3.05, 3.63) is 40.4 Å². The Balaban J connectivity index is 2.63. The van der Waals surface area contributed by atoms with Gasteiger partial charge in [-0.3, -0.25) is 20.4 Å². The number of aliphatic carboxylic acids is 1. The number of carboxylic acids is 1. The van der Waals surface area contributed by atoms with Gasteiger partial charge in [0.1, 0.15) is 5.75 Å². The molecule has 23 heavy (non-hydrogen) atoms. The van der Waals surface area contributed by atoms with Gasteiger partial charge in [0.15, 0.2) is 6.10 Å². The summed E-state index contributed by atoms with van der Waals surface area (Å²) in [5.74, 6) is -2.47. The summed E-state index contributed by atoms with van der Waals surface area (Å²) in [7, 11) is 0. The van der Waals surface area contributed by atoms with Crippen LogP contribution in [0.3, 0.4) is 0 Å². The first kappa shape index (κ1) is 18.8. The van der Waals surface area contributed by atoms with Gasteiger partial charge in [-0.05, 0) is 18.6 Å². The van der Waals surface area contributed by atoms with E-state index in [9.17, 15) is 14.4 Å². The highest BCUT2D eigenvalue weighted by atomic mass is 35.5. The molecule has 0 aliphatic carbocycles. The quantitative estimate of drug-likeness (QED) is 0.531. The number of ether oxygens (including phenoxy) is 1. The second kappa shape index (κ2) is 9.02. The Morgan fingerprint density at radius 2 is 1.96 bits per heavy atom. The molecule has 1 aromatic rings. The normalized spacial score (nSPS) is 11.8. The van der Waals surface area contributed by atoms with E-state index in [1.165, 1.54) is 12.1 Å². The first-order valence-corrected chi connectivity index (χ1v) is 7.21. The van der Waals surface area contributed by atoms with E-state index in [-0.39, 0.29) is 10.8 Å². The molecule has 0 saturated carbocycles. The largest absolute Gasteiger partial charge is 0.479 e. The van der Waals surface area contributed by atoms with Crippen LogP contribution in [0.2, 0.25) is 10.0 Å². The molecule has 0 aliphatic heterocycles. The molecular formula is C14H14Cl2N2O5. The average Bonchev–Trinajstić information content (AvgIpc) is 2.51. The molecule has 1 aromatic carbocycles. The molecule has 0 heterocycles. The van der Waals surface area contributed by atoms with Crippen molar-refractivity contribution in [2.24, 2.45) is 0 Å². The Bertz CT molecular complexity index is 634. The fourth-order valence-corrected chi connectivity index (χ4v) is 1.76. The minimum absolute atomic E-state index is 0.235. The van der Waals surface area contributed by atoms with Crippen LogP contribution in [-0.4, -0.2) is 29.0 Å². The van der Waals surface area contributed by atoms with Crippen molar-refractivity contribution in [1.29, 1.82) is 0 Å². The van der Waals surface area contributed by atoms with Crippen molar-refractivity contribution in [2.75, 3.05) is 0 Å². The first-order valence-electron chi connectivity index (χ1n) is 6.46. The highest BCUT2D eigenvalue weighted by Crippen LogP contribution is 2.28. The van der Waals surface area contributed by atoms with Gasteiger partial charge in [0.2, 0.25) is 0 Å². The zero-order chi connectivity index (χ0) is 17.4. The van der Waals surface area contributed by atoms with Crippen molar-refractivity contribution in [3.63, 3.8) is 0 Å². The van der Waals surface area contributed by atoms with Gasteiger partial charge in [-0.15, -0.1) is 0 Å². The molecule has 3 N–H and O–H groups in total. The molecule has 7 nitrogen and oxygen atoms in total. The SMILES string of the molecule is CC[C@@H](Oc1cc(Cl)ccc1Cl)C(=O)NNC(=O)/C=C/C(=O)O. The van der Waals surface area contributed by atoms with Gasteiger partial charge < -0.3 is 9.84 Å². The minimum Gasteiger partial charge on any atom is -0.479 e. The van der Waals surface area contributed by atoms with Crippen LogP contribution < -0.4 is 15.6 Å². The van der Waals surface area contributed by atoms with E-state index >= 15 is 0 Å². The van der Waals surface area contributed by atoms with Crippen molar-refractivity contribution < 1.29 is 24.2 Å². The van der Waals surface area contributed by atoms with Crippen LogP contribution in [0.15, 0.2) is 30.4 Å². The maximum absolute atomic E-state index is 12.0. The molecule has 1 rings (SSSR count). The molecule has 0 saturated heterocycles. The fourth-order valence-electron chi connectivity index (χ4n) is 1.44. The first-order chi connectivity index (χ1) is 10.8. The number of hydrogen-bond donors (Lipinski definition) is 3. The van der Waals surface area contributed by atoms with Crippen molar-refractivity contribution in [1.82, 2.24) is 10.9 Å². The van der Waals surface area contributed by atoms with E-state index in [4.69, 9.17) is 33.0 Å². The molecule has 0 spiro atoms. The minimum atomic E-state index is -1.28. The summed E-state index contributed by atoms with van der Waals surface area (Å²) in [6, 6.07) is 4.57. The Kier molecular flexibility index (Phi) is 7.37. The number of carbonyl (C=O) groups is 3. The topological polar surface area (TPSA) is 105 Å². The predicted molar refractivity (Wildman–Crippen MR) is 84.2 cm³/mol. The van der Waals surface area contributed by atoms with E-state index in [0.29, 0.717) is 17.5 Å². The van der Waals surface area contributed by atoms with Crippen LogP contribution in [-0.2, 0) is 14.4 Å². The second-order valence-electron chi connectivity index (χ2n) is 4.24. The van der Waals surface area contributed by atoms with Gasteiger partial charge in [0, 0.05) is 23.2 Å². The summed E-state index contributed by atoms with van der Waals surface area (Å²) in [4.78, 5) is 33.5. The summed E-state index contributed by atoms with van der Waals surface area (Å²) in [6.07, 6.45) is 0.782. The van der Waals surface area contributed by atoms with Gasteiger partial charge in [-0.1, -0.05) is 30.1 Å². The number of nitrogens with one attached hydrogen (secondary N) is 2. The van der Waals surface area contributed by atoms with Gasteiger partial charge in [0.05, 0.1) is 5.02 Å². The lowest BCUT2D eigenvalue weighted by Crippen LogP contribution is -2.47. The highest BCUT2D eigenvalue weighted by Gasteiger charge is 2.20. The fraction of sp³-hybridized carbons (Fsp3) is 0.214. The number of rotatable bonds is 6. The van der Waals surface area contributed by atoms with E-state index < -0.39 is 23.9 Å². The van der Waals surface area contributed by atoms with E-state index in [1.54, 1.807) is 13.0 Å². The van der Waals surface area contributed by atoms with Crippen molar-refractivity contribution in [2.45, 2.75) is 19.4 Å². The van der Waals surface area contributed by atoms with Crippen LogP contribution in [0.4, 0.5) is 0 Å². The Labute approximate surface area is 142 Å². The number of hydrogen-bond acceptors (Lipinski definition) is 4. The highest BCUT2D eigenvalue weighted by molar-refractivity contribution is 6.34. The third kappa shape index (κ3) is 6.58. The molecule has 0 fully saturated rings. The monoisotopic (exact) mass is 360 g/mol. The molecule has 0 unspecified atom stereocenters. The molecule has 0 aromatic heterocycles. The van der Waals surface area contributed by atoms with E-state index in [2.05, 4.69) is 5.43 Å². The molecule has 2 amide bonds. The summed E-state index contributed by atoms with van der Waals surface area (Å²) < 4.78 is 5.48. The Morgan fingerprint density at radius 1 is 1.26 bits per heavy atom. The number of benzene rings is 1. The lowest BCUT2D eigenvalue weighted by Gasteiger charge is -2.18. The molecule has 9 heteroatoms. The third-order valence-corrected chi connectivity index (χ3v) is 3.06. The van der Waals surface area contributed by atoms with Crippen LogP contribution in [0.1, 0.15) is 13.3 Å². The Hall–Kier alpha value is -2.25. The van der Waals surface area contributed by atoms with Gasteiger partial charge in [-0.2, -0.15) is 0 Å². The molecule has 0 aliphatic rings. The smallest absolute Gasteiger partial charge is 0.328 e. The van der Waals surface area contributed by atoms with Gasteiger partial charge in [-0.25, -0.2) is 4.79 Å². The van der Waals surface area contributed by atoms with Crippen LogP contribution in [0.5, 0.6) is 5.75 Å². The molecular weight excluding hydrogens is 347 g/mol. The molecule has 1 atom stereocenters. The van der Waals surface area contributed by atoms with Gasteiger partial charge >= 0.3 is 5.97 Å². The number of amides is 2. The standard InChI is InChI=1S/C14H14Cl2N2O5/c1-2-10(23-11-7-8(15)3-4-9(11)16)14(22)18-17-12(19)5-6-13(20)21/h3-7,10H,2H2,1H3,(H,17,19)(H,18,22)(H,20,21)/b6-5+/t10-/m1/s1. The zero-order valence-electron chi connectivity index (χ0n) is 12.0. The lowest BCUT2D eigenvalue weighted by atomic mass is 10.2.